The van der Waals surface area contributed by atoms with Gasteiger partial charge in [0.25, 0.3) is 0 Å². The highest BCUT2D eigenvalue weighted by Gasteiger charge is 2.54. The van der Waals surface area contributed by atoms with Gasteiger partial charge in [0.1, 0.15) is 5.41 Å². The lowest BCUT2D eigenvalue weighted by atomic mass is 9.61. The molecular weight excluding hydrogens is 268 g/mol. The van der Waals surface area contributed by atoms with Crippen LogP contribution in [0.15, 0.2) is 5.16 Å². The molecule has 2 aliphatic rings. The summed E-state index contributed by atoms with van der Waals surface area (Å²) in [4.78, 5) is 17.1. The van der Waals surface area contributed by atoms with Gasteiger partial charge in [-0.2, -0.15) is 0 Å². The smallest absolute Gasteiger partial charge is 0.236 e. The number of carbonyl (C=O) groups excluding carboxylic acids is 1. The van der Waals surface area contributed by atoms with Gasteiger partial charge in [-0.25, -0.2) is 0 Å². The maximum absolute atomic E-state index is 12.9. The van der Waals surface area contributed by atoms with Crippen molar-refractivity contribution in [3.05, 3.63) is 0 Å². The van der Waals surface area contributed by atoms with E-state index in [2.05, 4.69) is 23.9 Å². The molecule has 0 aromatic heterocycles. The van der Waals surface area contributed by atoms with Crippen LogP contribution in [-0.2, 0) is 4.79 Å². The highest BCUT2D eigenvalue weighted by atomic mass is 16.4. The van der Waals surface area contributed by atoms with E-state index in [1.54, 1.807) is 0 Å². The molecular formula is C15H28N4O2. The fraction of sp³-hybridized carbons (Fsp3) is 0.867. The van der Waals surface area contributed by atoms with Crippen molar-refractivity contribution in [1.29, 1.82) is 0 Å². The molecule has 1 saturated heterocycles. The third kappa shape index (κ3) is 2.86. The Labute approximate surface area is 127 Å². The zero-order valence-corrected chi connectivity index (χ0v) is 13.4. The molecule has 0 spiro atoms. The van der Waals surface area contributed by atoms with E-state index < -0.39 is 5.41 Å². The number of likely N-dealkylation sites (tertiary alicyclic amines) is 1. The van der Waals surface area contributed by atoms with Crippen molar-refractivity contribution in [2.75, 3.05) is 26.7 Å². The van der Waals surface area contributed by atoms with E-state index in [0.29, 0.717) is 18.8 Å². The van der Waals surface area contributed by atoms with Crippen molar-refractivity contribution in [2.45, 2.75) is 45.6 Å². The van der Waals surface area contributed by atoms with Gasteiger partial charge in [-0.15, -0.1) is 0 Å². The second-order valence-corrected chi connectivity index (χ2v) is 6.66. The molecule has 0 radical (unpaired) electrons. The summed E-state index contributed by atoms with van der Waals surface area (Å²) in [5.74, 6) is 0.541. The lowest BCUT2D eigenvalue weighted by Gasteiger charge is -2.47. The number of oxime groups is 1. The molecule has 1 amide bonds. The number of amidine groups is 1. The van der Waals surface area contributed by atoms with E-state index >= 15 is 0 Å². The molecule has 1 heterocycles. The fourth-order valence-electron chi connectivity index (χ4n) is 3.85. The van der Waals surface area contributed by atoms with Crippen LogP contribution in [0.1, 0.15) is 39.5 Å². The lowest BCUT2D eigenvalue weighted by Crippen LogP contribution is -2.59. The Morgan fingerprint density at radius 3 is 2.43 bits per heavy atom. The summed E-state index contributed by atoms with van der Waals surface area (Å²) < 4.78 is 0. The first-order chi connectivity index (χ1) is 9.94. The maximum Gasteiger partial charge on any atom is 0.236 e. The average Bonchev–Trinajstić information content (AvgIpc) is 2.49. The third-order valence-corrected chi connectivity index (χ3v) is 5.27. The summed E-state index contributed by atoms with van der Waals surface area (Å²) in [6, 6.07) is 0.263. The van der Waals surface area contributed by atoms with Crippen molar-refractivity contribution in [3.8, 4) is 0 Å². The number of rotatable bonds is 4. The Bertz CT molecular complexity index is 410. The highest BCUT2D eigenvalue weighted by molar-refractivity contribution is 6.07. The molecule has 0 atom stereocenters. The number of nitrogens with two attached hydrogens (primary N) is 1. The molecule has 2 fully saturated rings. The van der Waals surface area contributed by atoms with Crippen LogP contribution < -0.4 is 5.73 Å². The highest BCUT2D eigenvalue weighted by Crippen LogP contribution is 2.47. The first kappa shape index (κ1) is 16.1. The maximum atomic E-state index is 12.9. The Morgan fingerprint density at radius 2 is 2.00 bits per heavy atom. The minimum Gasteiger partial charge on any atom is -0.409 e. The van der Waals surface area contributed by atoms with Crippen LogP contribution in [0.2, 0.25) is 0 Å². The summed E-state index contributed by atoms with van der Waals surface area (Å²) in [5, 5.41) is 12.1. The molecule has 1 aliphatic heterocycles. The molecule has 6 heteroatoms. The van der Waals surface area contributed by atoms with Gasteiger partial charge in [0.2, 0.25) is 5.91 Å². The number of piperidine rings is 1. The number of hydrogen-bond acceptors (Lipinski definition) is 4. The van der Waals surface area contributed by atoms with Gasteiger partial charge in [0.05, 0.1) is 0 Å². The Hall–Kier alpha value is -1.30. The first-order valence-electron chi connectivity index (χ1n) is 7.92. The molecule has 1 aliphatic carbocycles. The number of amides is 1. The zero-order valence-electron chi connectivity index (χ0n) is 13.4. The molecule has 0 bridgehead atoms. The summed E-state index contributed by atoms with van der Waals surface area (Å²) >= 11 is 0. The van der Waals surface area contributed by atoms with E-state index in [1.165, 1.54) is 0 Å². The van der Waals surface area contributed by atoms with Crippen molar-refractivity contribution in [2.24, 2.45) is 22.2 Å². The first-order valence-corrected chi connectivity index (χ1v) is 7.92. The number of hydrogen-bond donors (Lipinski definition) is 2. The summed E-state index contributed by atoms with van der Waals surface area (Å²) in [6.45, 7) is 7.39. The predicted octanol–water partition coefficient (Wildman–Crippen LogP) is 1.09. The van der Waals surface area contributed by atoms with Gasteiger partial charge in [-0.1, -0.05) is 19.0 Å². The normalized spacial score (nSPS) is 31.8. The lowest BCUT2D eigenvalue weighted by molar-refractivity contribution is -0.146. The Balaban J connectivity index is 2.04. The molecule has 0 unspecified atom stereocenters. The van der Waals surface area contributed by atoms with Crippen molar-refractivity contribution in [3.63, 3.8) is 0 Å². The van der Waals surface area contributed by atoms with Gasteiger partial charge in [0, 0.05) is 26.2 Å². The van der Waals surface area contributed by atoms with Crippen LogP contribution in [0.25, 0.3) is 0 Å². The second kappa shape index (κ2) is 6.22. The molecule has 0 aromatic carbocycles. The molecule has 6 nitrogen and oxygen atoms in total. The van der Waals surface area contributed by atoms with E-state index in [0.717, 1.165) is 32.5 Å². The average molecular weight is 296 g/mol. The summed E-state index contributed by atoms with van der Waals surface area (Å²) in [6.07, 6.45) is 3.36. The Morgan fingerprint density at radius 1 is 1.43 bits per heavy atom. The van der Waals surface area contributed by atoms with E-state index in [9.17, 15) is 4.79 Å². The van der Waals surface area contributed by atoms with Crippen LogP contribution >= 0.6 is 0 Å². The molecule has 21 heavy (non-hydrogen) atoms. The minimum atomic E-state index is -0.773. The van der Waals surface area contributed by atoms with E-state index in [4.69, 9.17) is 10.9 Å². The number of carbonyl (C=O) groups is 1. The van der Waals surface area contributed by atoms with E-state index in [1.807, 2.05) is 11.9 Å². The second-order valence-electron chi connectivity index (χ2n) is 6.66. The van der Waals surface area contributed by atoms with Crippen molar-refractivity contribution < 1.29 is 10.0 Å². The van der Waals surface area contributed by atoms with Crippen LogP contribution in [-0.4, -0.2) is 59.5 Å². The van der Waals surface area contributed by atoms with Crippen molar-refractivity contribution >= 4 is 11.7 Å². The molecule has 0 aromatic rings. The molecule has 1 saturated carbocycles. The quantitative estimate of drug-likeness (QED) is 0.352. The summed E-state index contributed by atoms with van der Waals surface area (Å²) in [5.41, 5.74) is 5.06. The molecule has 2 rings (SSSR count). The zero-order chi connectivity index (χ0) is 15.6. The van der Waals surface area contributed by atoms with Gasteiger partial charge >= 0.3 is 0 Å². The molecule has 120 valence electrons. The van der Waals surface area contributed by atoms with Crippen LogP contribution in [0, 0.1) is 11.3 Å². The summed E-state index contributed by atoms with van der Waals surface area (Å²) in [7, 11) is 1.87. The van der Waals surface area contributed by atoms with Gasteiger partial charge in [-0.3, -0.25) is 4.79 Å². The largest absolute Gasteiger partial charge is 0.409 e. The molecule has 3 N–H and O–H groups in total. The fourth-order valence-corrected chi connectivity index (χ4v) is 3.85. The SMILES string of the molecule is CCN1CCC(N(C)C(=O)C2(C(N)=NO)CC(C)C2)CC1. The van der Waals surface area contributed by atoms with E-state index in [-0.39, 0.29) is 17.8 Å². The van der Waals surface area contributed by atoms with Gasteiger partial charge in [-0.05, 0) is 38.1 Å². The monoisotopic (exact) mass is 296 g/mol. The van der Waals surface area contributed by atoms with Crippen LogP contribution in [0.4, 0.5) is 0 Å². The topological polar surface area (TPSA) is 82.2 Å². The van der Waals surface area contributed by atoms with Gasteiger partial charge < -0.3 is 20.7 Å². The minimum absolute atomic E-state index is 0.0193. The predicted molar refractivity (Wildman–Crippen MR) is 82.1 cm³/mol. The number of nitrogens with zero attached hydrogens (tertiary/aromatic N) is 3. The standard InChI is InChI=1S/C15H28N4O2/c1-4-19-7-5-12(6-8-19)18(3)14(20)15(13(16)17-21)9-11(2)10-15/h11-12,21H,4-10H2,1-3H3,(H2,16,17). The Kier molecular flexibility index (Phi) is 4.76. The van der Waals surface area contributed by atoms with Gasteiger partial charge in [0.15, 0.2) is 5.84 Å². The van der Waals surface area contributed by atoms with Crippen LogP contribution in [0.5, 0.6) is 0 Å². The third-order valence-electron chi connectivity index (χ3n) is 5.27. The van der Waals surface area contributed by atoms with Crippen molar-refractivity contribution in [1.82, 2.24) is 9.80 Å². The van der Waals surface area contributed by atoms with Crippen LogP contribution in [0.3, 0.4) is 0 Å².